The molecule has 2 aliphatic heterocycles. The van der Waals surface area contributed by atoms with E-state index in [4.69, 9.17) is 14.2 Å². The summed E-state index contributed by atoms with van der Waals surface area (Å²) in [4.78, 5) is 86.4. The number of ether oxygens (including phenoxy) is 3. The van der Waals surface area contributed by atoms with Crippen LogP contribution in [0.2, 0.25) is 0 Å². The number of esters is 1. The van der Waals surface area contributed by atoms with E-state index in [1.165, 1.54) is 122 Å². The van der Waals surface area contributed by atoms with Gasteiger partial charge in [0.1, 0.15) is 11.5 Å². The number of rotatable bonds is 42. The standard InChI is InChI=1S/C97H113N3O8S3/c1-11-13-15-17-19-21-23-25-28-32-52-106-66-56-65(57-67(58-66)107-53-33-29-26-24-22-20-18-16-14-12-2)97(105)108-54-34-30-27-31-51-98-79-60-78-87-75(94(102)100(96(78)104)92-70(63(7)8)40-36-41-71(92)64(9)10)45-43-72-85-76(80-47-48-83(110-80)84-50-49-82(111-84)81-42-37-55-109-81)59-77-86-74(46-44-73(89(85)86)88(79)90(72)87)93(101)99(95(77)103)91-68(61(3)4)38-35-39-69(91)62(5)6/h35-50,55-64,98H,11-34,51-54H2,1-10H3. The highest BCUT2D eigenvalue weighted by atomic mass is 32.1. The third-order valence-corrected chi connectivity index (χ3v) is 26.2. The second-order valence-electron chi connectivity index (χ2n) is 32.1. The molecule has 0 radical (unpaired) electrons. The number of carbonyl (C=O) groups excluding carboxylic acids is 5. The SMILES string of the molecule is CCCCCCCCCCCCOc1cc(OCCCCCCCCCCCC)cc(C(=O)OCCCCCCNc2cc3c4c(ccc5c6c(-c7ccc(-c8ccc(-c9cccs9)s8)s7)cc7c8c(ccc(c2c45)c86)C(=O)N(c2c(C(C)C)cccc2C(C)C)C7=O)C(=O)N(c2c(C(C)C)cccc2C(C)C)C3=O)c1. The van der Waals surface area contributed by atoms with Crippen molar-refractivity contribution in [2.45, 2.75) is 247 Å². The summed E-state index contributed by atoms with van der Waals surface area (Å²) in [5.41, 5.74) is 8.64. The van der Waals surface area contributed by atoms with Gasteiger partial charge in [-0.15, -0.1) is 34.0 Å². The summed E-state index contributed by atoms with van der Waals surface area (Å²) in [7, 11) is 0. The second kappa shape index (κ2) is 37.3. The number of thiophene rings is 3. The van der Waals surface area contributed by atoms with Gasteiger partial charge in [0.15, 0.2) is 0 Å². The van der Waals surface area contributed by atoms with Gasteiger partial charge in [-0.1, -0.05) is 246 Å². The van der Waals surface area contributed by atoms with Crippen LogP contribution >= 0.6 is 34.0 Å². The van der Waals surface area contributed by atoms with Crippen LogP contribution in [0.5, 0.6) is 11.5 Å². The highest BCUT2D eigenvalue weighted by Gasteiger charge is 2.42. The van der Waals surface area contributed by atoms with Crippen LogP contribution in [0.25, 0.3) is 73.0 Å². The van der Waals surface area contributed by atoms with Gasteiger partial charge >= 0.3 is 5.97 Å². The molecule has 0 atom stereocenters. The Labute approximate surface area is 670 Å². The molecule has 4 amide bonds. The topological polar surface area (TPSA) is 132 Å². The summed E-state index contributed by atoms with van der Waals surface area (Å²) < 4.78 is 18.7. The number of imide groups is 2. The van der Waals surface area contributed by atoms with Crippen LogP contribution in [-0.2, 0) is 4.74 Å². The van der Waals surface area contributed by atoms with E-state index in [-0.39, 0.29) is 48.0 Å². The molecule has 0 bridgehead atoms. The summed E-state index contributed by atoms with van der Waals surface area (Å²) in [6.45, 7) is 23.3. The Morgan fingerprint density at radius 3 is 1.24 bits per heavy atom. The van der Waals surface area contributed by atoms with Crippen LogP contribution < -0.4 is 24.6 Å². The number of amides is 4. The Kier molecular flexibility index (Phi) is 27.0. The van der Waals surface area contributed by atoms with Crippen molar-refractivity contribution in [3.8, 4) is 41.4 Å². The summed E-state index contributed by atoms with van der Waals surface area (Å²) in [5.74, 6) is -0.660. The number of carbonyl (C=O) groups is 5. The Morgan fingerprint density at radius 2 is 0.775 bits per heavy atom. The summed E-state index contributed by atoms with van der Waals surface area (Å²) in [6.07, 6.45) is 27.8. The van der Waals surface area contributed by atoms with Gasteiger partial charge in [0.2, 0.25) is 0 Å². The number of hydrogen-bond donors (Lipinski definition) is 1. The molecule has 8 aromatic carbocycles. The number of para-hydroxylation sites is 2. The van der Waals surface area contributed by atoms with Crippen LogP contribution in [0.3, 0.4) is 0 Å². The molecule has 1 N–H and O–H groups in total. The van der Waals surface area contributed by atoms with E-state index in [0.717, 1.165) is 120 Å². The molecule has 2 aliphatic rings. The van der Waals surface area contributed by atoms with Crippen LogP contribution in [0, 0.1) is 0 Å². The molecule has 11 aromatic rings. The van der Waals surface area contributed by atoms with Gasteiger partial charge in [0, 0.05) is 86.5 Å². The maximum atomic E-state index is 16.2. The molecule has 111 heavy (non-hydrogen) atoms. The van der Waals surface area contributed by atoms with Gasteiger partial charge in [0.05, 0.1) is 42.3 Å². The maximum Gasteiger partial charge on any atom is 0.338 e. The van der Waals surface area contributed by atoms with Gasteiger partial charge in [-0.2, -0.15) is 0 Å². The molecule has 0 unspecified atom stereocenters. The average Bonchev–Trinajstić information content (AvgIpc) is 1.24. The van der Waals surface area contributed by atoms with Crippen LogP contribution in [0.4, 0.5) is 17.1 Å². The van der Waals surface area contributed by atoms with Crippen molar-refractivity contribution in [1.29, 1.82) is 0 Å². The number of nitrogens with zero attached hydrogens (tertiary/aromatic N) is 2. The normalized spacial score (nSPS) is 13.1. The Morgan fingerprint density at radius 1 is 0.369 bits per heavy atom. The lowest BCUT2D eigenvalue weighted by Crippen LogP contribution is -2.42. The Bertz CT molecular complexity index is 5020. The molecule has 0 spiro atoms. The molecule has 0 saturated heterocycles. The first-order valence-corrected chi connectivity index (χ1v) is 44.4. The fourth-order valence-corrected chi connectivity index (χ4v) is 19.8. The van der Waals surface area contributed by atoms with Crippen molar-refractivity contribution in [1.82, 2.24) is 0 Å². The summed E-state index contributed by atoms with van der Waals surface area (Å²) >= 11 is 5.14. The molecule has 582 valence electrons. The molecule has 11 nitrogen and oxygen atoms in total. The largest absolute Gasteiger partial charge is 0.493 e. The molecular weight excluding hydrogens is 1430 g/mol. The highest BCUT2D eigenvalue weighted by Crippen LogP contribution is 2.55. The monoisotopic (exact) mass is 1540 g/mol. The van der Waals surface area contributed by atoms with E-state index in [2.05, 4.69) is 116 Å². The number of unbranched alkanes of at least 4 members (excludes halogenated alkanes) is 21. The van der Waals surface area contributed by atoms with Gasteiger partial charge in [0.25, 0.3) is 23.6 Å². The zero-order valence-electron chi connectivity index (χ0n) is 67.2. The van der Waals surface area contributed by atoms with Crippen LogP contribution in [0.15, 0.2) is 133 Å². The molecule has 5 heterocycles. The van der Waals surface area contributed by atoms with Gasteiger partial charge in [-0.25, -0.2) is 14.6 Å². The number of benzene rings is 8. The third kappa shape index (κ3) is 17.4. The minimum atomic E-state index is -0.400. The minimum absolute atomic E-state index is 0.00381. The number of hydrogen-bond acceptors (Lipinski definition) is 12. The predicted octanol–water partition coefficient (Wildman–Crippen LogP) is 28.4. The minimum Gasteiger partial charge on any atom is -0.493 e. The van der Waals surface area contributed by atoms with E-state index < -0.39 is 11.9 Å². The fourth-order valence-electron chi connectivity index (χ4n) is 16.9. The zero-order chi connectivity index (χ0) is 77.8. The fraction of sp³-hybridized carbons (Fsp3) is 0.433. The number of nitrogens with one attached hydrogen (secondary N) is 1. The Hall–Kier alpha value is -8.69. The van der Waals surface area contributed by atoms with Crippen molar-refractivity contribution in [3.05, 3.63) is 183 Å². The van der Waals surface area contributed by atoms with E-state index in [1.54, 1.807) is 46.1 Å². The lowest BCUT2D eigenvalue weighted by Gasteiger charge is -2.34. The van der Waals surface area contributed by atoms with Crippen molar-refractivity contribution in [3.63, 3.8) is 0 Å². The Balaban J connectivity index is 0.813. The first-order valence-electron chi connectivity index (χ1n) is 41.9. The van der Waals surface area contributed by atoms with Gasteiger partial charge in [-0.05, 0) is 172 Å². The van der Waals surface area contributed by atoms with E-state index in [1.807, 2.05) is 78.9 Å². The second-order valence-corrected chi connectivity index (χ2v) is 35.2. The van der Waals surface area contributed by atoms with Crippen molar-refractivity contribution in [2.24, 2.45) is 0 Å². The van der Waals surface area contributed by atoms with Crippen molar-refractivity contribution < 1.29 is 38.2 Å². The first-order chi connectivity index (χ1) is 54.0. The lowest BCUT2D eigenvalue weighted by atomic mass is 9.79. The van der Waals surface area contributed by atoms with Crippen LogP contribution in [0.1, 0.15) is 321 Å². The third-order valence-electron chi connectivity index (χ3n) is 22.7. The van der Waals surface area contributed by atoms with Crippen molar-refractivity contribution in [2.75, 3.05) is 41.5 Å². The number of anilines is 3. The molecule has 14 heteroatoms. The zero-order valence-corrected chi connectivity index (χ0v) is 69.6. The molecular formula is C97H113N3O8S3. The van der Waals surface area contributed by atoms with E-state index in [0.29, 0.717) is 93.3 Å². The maximum absolute atomic E-state index is 16.2. The van der Waals surface area contributed by atoms with Crippen LogP contribution in [-0.4, -0.2) is 56.0 Å². The summed E-state index contributed by atoms with van der Waals surface area (Å²) in [6, 6.07) is 42.5. The van der Waals surface area contributed by atoms with Gasteiger partial charge in [-0.3, -0.25) is 19.2 Å². The molecule has 3 aromatic heterocycles. The number of fused-ring (bicyclic) bond motifs is 2. The van der Waals surface area contributed by atoms with E-state index in [9.17, 15) is 4.79 Å². The quantitative estimate of drug-likeness (QED) is 0.0131. The molecule has 0 saturated carbocycles. The first kappa shape index (κ1) is 80.4. The predicted molar refractivity (Wildman–Crippen MR) is 467 cm³/mol. The average molecular weight is 1550 g/mol. The molecule has 0 aliphatic carbocycles. The lowest BCUT2D eigenvalue weighted by molar-refractivity contribution is 0.0496. The smallest absolute Gasteiger partial charge is 0.338 e. The molecule has 0 fully saturated rings. The summed E-state index contributed by atoms with van der Waals surface area (Å²) in [5, 5.41) is 12.0. The van der Waals surface area contributed by atoms with E-state index >= 15 is 19.2 Å². The van der Waals surface area contributed by atoms with Gasteiger partial charge < -0.3 is 19.5 Å². The van der Waals surface area contributed by atoms with Crippen molar-refractivity contribution >= 4 is 124 Å². The highest BCUT2D eigenvalue weighted by molar-refractivity contribution is 7.27. The molecule has 13 rings (SSSR count).